The minimum Gasteiger partial charge on any atom is -0.196 e. The normalized spacial score (nSPS) is 10.2. The lowest BCUT2D eigenvalue weighted by molar-refractivity contribution is 0.791. The Kier molecular flexibility index (Phi) is 2.35. The number of nitriles is 2. The highest BCUT2D eigenvalue weighted by Gasteiger charge is 2.25. The molecule has 0 amide bonds. The third-order valence-electron chi connectivity index (χ3n) is 2.08. The van der Waals surface area contributed by atoms with Crippen LogP contribution in [0.2, 0.25) is 0 Å². The molecule has 0 spiro atoms. The van der Waals surface area contributed by atoms with E-state index < -0.39 is 5.41 Å². The second kappa shape index (κ2) is 3.29. The Morgan fingerprint density at radius 3 is 1.92 bits per heavy atom. The number of aryl methyl sites for hydroxylation is 1. The number of nitrogens with zero attached hydrogens (tertiary/aromatic N) is 2. The minimum atomic E-state index is -1.02. The predicted octanol–water partition coefficient (Wildman–Crippen LogP) is 2.30. The Bertz CT molecular complexity index is 362. The number of hydrogen-bond donors (Lipinski definition) is 0. The first-order valence-electron chi connectivity index (χ1n) is 4.02. The van der Waals surface area contributed by atoms with Crippen LogP contribution in [0.1, 0.15) is 18.1 Å². The summed E-state index contributed by atoms with van der Waals surface area (Å²) in [5.41, 5.74) is 0.860. The molecular formula is C11H10N2. The molecule has 0 fully saturated rings. The fraction of sp³-hybridized carbons (Fsp3) is 0.273. The molecule has 0 radical (unpaired) electrons. The van der Waals surface area contributed by atoms with Crippen LogP contribution in [-0.4, -0.2) is 0 Å². The zero-order valence-electron chi connectivity index (χ0n) is 7.70. The van der Waals surface area contributed by atoms with Crippen LogP contribution in [0, 0.1) is 29.6 Å². The summed E-state index contributed by atoms with van der Waals surface area (Å²) >= 11 is 0. The molecule has 1 aromatic carbocycles. The van der Waals surface area contributed by atoms with Crippen molar-refractivity contribution in [1.29, 1.82) is 10.5 Å². The third-order valence-corrected chi connectivity index (χ3v) is 2.08. The molecule has 64 valence electrons. The monoisotopic (exact) mass is 170 g/mol. The van der Waals surface area contributed by atoms with E-state index in [1.807, 2.05) is 43.3 Å². The molecule has 1 rings (SSSR count). The molecule has 2 nitrogen and oxygen atoms in total. The van der Waals surface area contributed by atoms with Crippen LogP contribution < -0.4 is 0 Å². The Hall–Kier alpha value is -1.80. The first-order chi connectivity index (χ1) is 6.12. The molecule has 0 aliphatic carbocycles. The molecule has 0 saturated carbocycles. The predicted molar refractivity (Wildman–Crippen MR) is 49.8 cm³/mol. The summed E-state index contributed by atoms with van der Waals surface area (Å²) in [7, 11) is 0. The lowest BCUT2D eigenvalue weighted by atomic mass is 9.85. The van der Waals surface area contributed by atoms with E-state index >= 15 is 0 Å². The lowest BCUT2D eigenvalue weighted by Gasteiger charge is -2.12. The van der Waals surface area contributed by atoms with E-state index in [1.54, 1.807) is 6.92 Å². The first-order valence-corrected chi connectivity index (χ1v) is 4.02. The van der Waals surface area contributed by atoms with Gasteiger partial charge in [0.25, 0.3) is 0 Å². The summed E-state index contributed by atoms with van der Waals surface area (Å²) < 4.78 is 0. The molecule has 0 aliphatic heterocycles. The molecule has 0 aromatic heterocycles. The van der Waals surface area contributed by atoms with E-state index in [-0.39, 0.29) is 0 Å². The summed E-state index contributed by atoms with van der Waals surface area (Å²) in [4.78, 5) is 0. The Morgan fingerprint density at radius 1 is 1.08 bits per heavy atom. The van der Waals surface area contributed by atoms with Gasteiger partial charge >= 0.3 is 0 Å². The van der Waals surface area contributed by atoms with Crippen molar-refractivity contribution in [2.24, 2.45) is 0 Å². The lowest BCUT2D eigenvalue weighted by Crippen LogP contribution is -2.16. The van der Waals surface area contributed by atoms with Crippen molar-refractivity contribution in [3.8, 4) is 12.1 Å². The van der Waals surface area contributed by atoms with E-state index in [0.717, 1.165) is 11.1 Å². The standard InChI is InChI=1S/C11H10N2/c1-9-3-5-10(6-4-9)11(2,7-12)8-13/h3-6H,1-2H3. The Balaban J connectivity index is 3.18. The van der Waals surface area contributed by atoms with Gasteiger partial charge in [0, 0.05) is 0 Å². The van der Waals surface area contributed by atoms with Crippen LogP contribution in [0.15, 0.2) is 24.3 Å². The van der Waals surface area contributed by atoms with Crippen molar-refractivity contribution in [3.05, 3.63) is 35.4 Å². The van der Waals surface area contributed by atoms with Crippen molar-refractivity contribution in [1.82, 2.24) is 0 Å². The van der Waals surface area contributed by atoms with Crippen molar-refractivity contribution < 1.29 is 0 Å². The van der Waals surface area contributed by atoms with Crippen LogP contribution in [0.25, 0.3) is 0 Å². The van der Waals surface area contributed by atoms with Gasteiger partial charge in [-0.1, -0.05) is 29.8 Å². The van der Waals surface area contributed by atoms with E-state index in [9.17, 15) is 0 Å². The summed E-state index contributed by atoms with van der Waals surface area (Å²) in [5.74, 6) is 0. The minimum absolute atomic E-state index is 0.753. The average Bonchev–Trinajstić information content (AvgIpc) is 2.18. The van der Waals surface area contributed by atoms with Crippen LogP contribution >= 0.6 is 0 Å². The van der Waals surface area contributed by atoms with E-state index in [0.29, 0.717) is 0 Å². The topological polar surface area (TPSA) is 47.6 Å². The number of benzene rings is 1. The summed E-state index contributed by atoms with van der Waals surface area (Å²) in [6.07, 6.45) is 0. The summed E-state index contributed by atoms with van der Waals surface area (Å²) in [6, 6.07) is 11.5. The largest absolute Gasteiger partial charge is 0.196 e. The van der Waals surface area contributed by atoms with E-state index in [4.69, 9.17) is 10.5 Å². The Labute approximate surface area is 78.0 Å². The highest BCUT2D eigenvalue weighted by Crippen LogP contribution is 2.21. The number of hydrogen-bond acceptors (Lipinski definition) is 2. The highest BCUT2D eigenvalue weighted by atomic mass is 14.4. The molecule has 0 bridgehead atoms. The zero-order chi connectivity index (χ0) is 9.90. The van der Waals surface area contributed by atoms with Crippen molar-refractivity contribution >= 4 is 0 Å². The highest BCUT2D eigenvalue weighted by molar-refractivity contribution is 5.39. The average molecular weight is 170 g/mol. The smallest absolute Gasteiger partial charge is 0.165 e. The van der Waals surface area contributed by atoms with Gasteiger partial charge in [-0.25, -0.2) is 0 Å². The maximum Gasteiger partial charge on any atom is 0.165 e. The fourth-order valence-electron chi connectivity index (χ4n) is 1.04. The first kappa shape index (κ1) is 9.29. The maximum absolute atomic E-state index is 8.84. The van der Waals surface area contributed by atoms with Gasteiger partial charge in [0.1, 0.15) is 0 Å². The molecule has 0 N–H and O–H groups in total. The molecule has 0 heterocycles. The van der Waals surface area contributed by atoms with Crippen molar-refractivity contribution in [2.75, 3.05) is 0 Å². The molecule has 0 atom stereocenters. The van der Waals surface area contributed by atoms with Crippen molar-refractivity contribution in [2.45, 2.75) is 19.3 Å². The summed E-state index contributed by atoms with van der Waals surface area (Å²) in [6.45, 7) is 3.59. The summed E-state index contributed by atoms with van der Waals surface area (Å²) in [5, 5.41) is 17.7. The van der Waals surface area contributed by atoms with Crippen LogP contribution in [-0.2, 0) is 5.41 Å². The molecule has 0 unspecified atom stereocenters. The van der Waals surface area contributed by atoms with E-state index in [1.165, 1.54) is 0 Å². The third kappa shape index (κ3) is 1.68. The second-order valence-corrected chi connectivity index (χ2v) is 3.21. The van der Waals surface area contributed by atoms with Gasteiger partial charge in [0.15, 0.2) is 5.41 Å². The van der Waals surface area contributed by atoms with E-state index in [2.05, 4.69) is 0 Å². The Morgan fingerprint density at radius 2 is 1.54 bits per heavy atom. The quantitative estimate of drug-likeness (QED) is 0.649. The van der Waals surface area contributed by atoms with Gasteiger partial charge in [-0.15, -0.1) is 0 Å². The van der Waals surface area contributed by atoms with Gasteiger partial charge in [-0.2, -0.15) is 10.5 Å². The van der Waals surface area contributed by atoms with Gasteiger partial charge in [-0.05, 0) is 19.4 Å². The second-order valence-electron chi connectivity index (χ2n) is 3.21. The number of rotatable bonds is 1. The van der Waals surface area contributed by atoms with Gasteiger partial charge in [0.2, 0.25) is 0 Å². The van der Waals surface area contributed by atoms with Crippen LogP contribution in [0.4, 0.5) is 0 Å². The molecule has 0 aliphatic rings. The zero-order valence-corrected chi connectivity index (χ0v) is 7.70. The molecule has 13 heavy (non-hydrogen) atoms. The molecule has 0 saturated heterocycles. The van der Waals surface area contributed by atoms with Gasteiger partial charge in [0.05, 0.1) is 12.1 Å². The maximum atomic E-state index is 8.84. The fourth-order valence-corrected chi connectivity index (χ4v) is 1.04. The van der Waals surface area contributed by atoms with Crippen molar-refractivity contribution in [3.63, 3.8) is 0 Å². The van der Waals surface area contributed by atoms with Crippen LogP contribution in [0.5, 0.6) is 0 Å². The van der Waals surface area contributed by atoms with Gasteiger partial charge in [-0.3, -0.25) is 0 Å². The SMILES string of the molecule is Cc1ccc(C(C)(C#N)C#N)cc1. The molecule has 1 aromatic rings. The van der Waals surface area contributed by atoms with Crippen LogP contribution in [0.3, 0.4) is 0 Å². The molecule has 2 heteroatoms. The van der Waals surface area contributed by atoms with Gasteiger partial charge < -0.3 is 0 Å². The molecular weight excluding hydrogens is 160 g/mol.